The van der Waals surface area contributed by atoms with Crippen molar-refractivity contribution in [3.05, 3.63) is 11.1 Å². The van der Waals surface area contributed by atoms with Gasteiger partial charge in [-0.25, -0.2) is 0 Å². The lowest BCUT2D eigenvalue weighted by Crippen LogP contribution is -2.37. The maximum absolute atomic E-state index is 9.46. The van der Waals surface area contributed by atoms with Crippen molar-refractivity contribution in [2.24, 2.45) is 23.2 Å². The van der Waals surface area contributed by atoms with Crippen molar-refractivity contribution in [1.29, 1.82) is 0 Å². The highest BCUT2D eigenvalue weighted by Gasteiger charge is 2.50. The van der Waals surface area contributed by atoms with E-state index < -0.39 is 0 Å². The molecule has 98 valence electrons. The summed E-state index contributed by atoms with van der Waals surface area (Å²) in [4.78, 5) is 0. The summed E-state index contributed by atoms with van der Waals surface area (Å²) in [5.74, 6) is 2.01. The minimum atomic E-state index is 0.358. The van der Waals surface area contributed by atoms with Crippen molar-refractivity contribution in [2.75, 3.05) is 6.61 Å². The standard InChI is InChI=1S/C16H28O/c1-11(2)13-6-5-9-16(4)14(12(3)10-17)7-8-15(13)16/h12,14-15,17H,5-10H2,1-4H3/t12-,14-,15+,16-/m1/s1. The Balaban J connectivity index is 2.29. The molecule has 17 heavy (non-hydrogen) atoms. The SMILES string of the molecule is CC(C)=C1CCC[C@]2(C)[C@@H]([C@H](C)CO)CC[C@@H]12. The summed E-state index contributed by atoms with van der Waals surface area (Å²) >= 11 is 0. The minimum absolute atomic E-state index is 0.358. The van der Waals surface area contributed by atoms with Crippen LogP contribution in [0.5, 0.6) is 0 Å². The van der Waals surface area contributed by atoms with Gasteiger partial charge >= 0.3 is 0 Å². The van der Waals surface area contributed by atoms with Crippen molar-refractivity contribution in [3.8, 4) is 0 Å². The molecule has 0 radical (unpaired) electrons. The lowest BCUT2D eigenvalue weighted by atomic mass is 9.61. The van der Waals surface area contributed by atoms with Gasteiger partial charge < -0.3 is 5.11 Å². The van der Waals surface area contributed by atoms with Crippen molar-refractivity contribution in [2.45, 2.75) is 59.8 Å². The molecule has 1 nitrogen and oxygen atoms in total. The summed E-state index contributed by atoms with van der Waals surface area (Å²) in [5.41, 5.74) is 3.76. The largest absolute Gasteiger partial charge is 0.396 e. The second-order valence-electron chi connectivity index (χ2n) is 6.78. The van der Waals surface area contributed by atoms with Gasteiger partial charge in [0.05, 0.1) is 0 Å². The van der Waals surface area contributed by atoms with Gasteiger partial charge in [0.25, 0.3) is 0 Å². The van der Waals surface area contributed by atoms with Crippen LogP contribution in [0.2, 0.25) is 0 Å². The zero-order valence-corrected chi connectivity index (χ0v) is 11.9. The van der Waals surface area contributed by atoms with Crippen molar-refractivity contribution in [3.63, 3.8) is 0 Å². The van der Waals surface area contributed by atoms with Crippen LogP contribution in [0.3, 0.4) is 0 Å². The normalized spacial score (nSPS) is 39.0. The zero-order valence-electron chi connectivity index (χ0n) is 11.9. The third kappa shape index (κ3) is 2.07. The lowest BCUT2D eigenvalue weighted by Gasteiger charge is -2.44. The monoisotopic (exact) mass is 236 g/mol. The first-order valence-electron chi connectivity index (χ1n) is 7.27. The summed E-state index contributed by atoms with van der Waals surface area (Å²) in [6, 6.07) is 0. The molecule has 2 aliphatic carbocycles. The molecule has 0 aromatic carbocycles. The van der Waals surface area contributed by atoms with Crippen LogP contribution in [0.15, 0.2) is 11.1 Å². The fourth-order valence-corrected chi connectivity index (χ4v) is 4.69. The van der Waals surface area contributed by atoms with Crippen LogP contribution in [0.25, 0.3) is 0 Å². The van der Waals surface area contributed by atoms with Gasteiger partial charge in [-0.3, -0.25) is 0 Å². The molecule has 0 amide bonds. The molecular weight excluding hydrogens is 208 g/mol. The number of fused-ring (bicyclic) bond motifs is 1. The molecule has 1 heteroatoms. The first-order valence-corrected chi connectivity index (χ1v) is 7.27. The summed E-state index contributed by atoms with van der Waals surface area (Å²) in [5, 5.41) is 9.46. The van der Waals surface area contributed by atoms with Gasteiger partial charge in [0.2, 0.25) is 0 Å². The van der Waals surface area contributed by atoms with Gasteiger partial charge in [0.15, 0.2) is 0 Å². The second-order valence-corrected chi connectivity index (χ2v) is 6.78. The molecule has 0 aromatic rings. The fourth-order valence-electron chi connectivity index (χ4n) is 4.69. The van der Waals surface area contributed by atoms with Crippen LogP contribution in [0.1, 0.15) is 59.8 Å². The number of hydrogen-bond donors (Lipinski definition) is 1. The van der Waals surface area contributed by atoms with E-state index in [0.717, 1.165) is 11.8 Å². The molecule has 0 spiro atoms. The summed E-state index contributed by atoms with van der Waals surface area (Å²) < 4.78 is 0. The fraction of sp³-hybridized carbons (Fsp3) is 0.875. The summed E-state index contributed by atoms with van der Waals surface area (Å²) in [7, 11) is 0. The molecule has 0 aliphatic heterocycles. The number of aliphatic hydroxyl groups is 1. The van der Waals surface area contributed by atoms with E-state index in [2.05, 4.69) is 27.7 Å². The Morgan fingerprint density at radius 3 is 2.71 bits per heavy atom. The molecule has 2 saturated carbocycles. The number of allylic oxidation sites excluding steroid dienone is 2. The highest BCUT2D eigenvalue weighted by atomic mass is 16.3. The zero-order chi connectivity index (χ0) is 12.6. The maximum atomic E-state index is 9.46. The second kappa shape index (κ2) is 4.76. The predicted molar refractivity (Wildman–Crippen MR) is 72.8 cm³/mol. The average Bonchev–Trinajstić information content (AvgIpc) is 2.64. The van der Waals surface area contributed by atoms with E-state index >= 15 is 0 Å². The smallest absolute Gasteiger partial charge is 0.0459 e. The molecule has 0 saturated heterocycles. The van der Waals surface area contributed by atoms with E-state index in [1.54, 1.807) is 11.1 Å². The van der Waals surface area contributed by atoms with Crippen LogP contribution in [0.4, 0.5) is 0 Å². The average molecular weight is 236 g/mol. The number of aliphatic hydroxyl groups excluding tert-OH is 1. The first kappa shape index (κ1) is 13.1. The van der Waals surface area contributed by atoms with E-state index in [-0.39, 0.29) is 0 Å². The minimum Gasteiger partial charge on any atom is -0.396 e. The molecular formula is C16H28O. The highest BCUT2D eigenvalue weighted by molar-refractivity contribution is 5.22. The molecule has 0 aromatic heterocycles. The van der Waals surface area contributed by atoms with E-state index in [4.69, 9.17) is 0 Å². The third-order valence-corrected chi connectivity index (χ3v) is 5.61. The Kier molecular flexibility index (Phi) is 3.68. The molecule has 4 atom stereocenters. The summed E-state index contributed by atoms with van der Waals surface area (Å²) in [6.07, 6.45) is 6.71. The highest BCUT2D eigenvalue weighted by Crippen LogP contribution is 2.59. The van der Waals surface area contributed by atoms with Crippen molar-refractivity contribution in [1.82, 2.24) is 0 Å². The Hall–Kier alpha value is -0.300. The topological polar surface area (TPSA) is 20.2 Å². The van der Waals surface area contributed by atoms with Gasteiger partial charge in [-0.1, -0.05) is 25.0 Å². The molecule has 1 N–H and O–H groups in total. The number of hydrogen-bond acceptors (Lipinski definition) is 1. The molecule has 2 rings (SSSR count). The molecule has 0 unspecified atom stereocenters. The van der Waals surface area contributed by atoms with Gasteiger partial charge in [-0.05, 0) is 69.1 Å². The van der Waals surface area contributed by atoms with E-state index in [0.29, 0.717) is 17.9 Å². The van der Waals surface area contributed by atoms with Crippen LogP contribution >= 0.6 is 0 Å². The van der Waals surface area contributed by atoms with Gasteiger partial charge in [-0.15, -0.1) is 0 Å². The first-order chi connectivity index (χ1) is 8.00. The Morgan fingerprint density at radius 2 is 2.12 bits per heavy atom. The van der Waals surface area contributed by atoms with Gasteiger partial charge in [0, 0.05) is 6.61 Å². The quantitative estimate of drug-likeness (QED) is 0.714. The lowest BCUT2D eigenvalue weighted by molar-refractivity contribution is 0.0685. The van der Waals surface area contributed by atoms with Crippen LogP contribution in [-0.2, 0) is 0 Å². The van der Waals surface area contributed by atoms with Gasteiger partial charge in [-0.2, -0.15) is 0 Å². The van der Waals surface area contributed by atoms with E-state index in [1.807, 2.05) is 0 Å². The Labute approximate surface area is 106 Å². The molecule has 2 aliphatic rings. The van der Waals surface area contributed by atoms with E-state index in [9.17, 15) is 5.11 Å². The van der Waals surface area contributed by atoms with Crippen molar-refractivity contribution < 1.29 is 5.11 Å². The maximum Gasteiger partial charge on any atom is 0.0459 e. The number of rotatable bonds is 2. The summed E-state index contributed by atoms with van der Waals surface area (Å²) in [6.45, 7) is 9.64. The molecule has 0 heterocycles. The third-order valence-electron chi connectivity index (χ3n) is 5.61. The van der Waals surface area contributed by atoms with Crippen LogP contribution < -0.4 is 0 Å². The predicted octanol–water partition coefficient (Wildman–Crippen LogP) is 4.17. The molecule has 2 fully saturated rings. The van der Waals surface area contributed by atoms with Crippen LogP contribution in [-0.4, -0.2) is 11.7 Å². The van der Waals surface area contributed by atoms with Crippen molar-refractivity contribution >= 4 is 0 Å². The Bertz CT molecular complexity index is 313. The van der Waals surface area contributed by atoms with Crippen LogP contribution in [0, 0.1) is 23.2 Å². The molecule has 0 bridgehead atoms. The van der Waals surface area contributed by atoms with E-state index in [1.165, 1.54) is 32.1 Å². The Morgan fingerprint density at radius 1 is 1.41 bits per heavy atom. The van der Waals surface area contributed by atoms with Gasteiger partial charge in [0.1, 0.15) is 0 Å².